The minimum Gasteiger partial charge on any atom is -0.493 e. The maximum atomic E-state index is 11.0. The largest absolute Gasteiger partial charge is 0.493 e. The second-order valence-corrected chi connectivity index (χ2v) is 6.19. The van der Waals surface area contributed by atoms with Gasteiger partial charge < -0.3 is 24.3 Å². The van der Waals surface area contributed by atoms with E-state index >= 15 is 0 Å². The Balaban J connectivity index is 1.39. The molecule has 0 radical (unpaired) electrons. The molecule has 0 saturated carbocycles. The van der Waals surface area contributed by atoms with Crippen molar-refractivity contribution in [3.8, 4) is 11.5 Å². The molecular formula is C21H23NO5. The number of aromatic amines is 1. The molecule has 3 rings (SSSR count). The predicted octanol–water partition coefficient (Wildman–Crippen LogP) is 3.66. The molecule has 1 aromatic heterocycles. The van der Waals surface area contributed by atoms with Gasteiger partial charge in [-0.15, -0.1) is 0 Å². The van der Waals surface area contributed by atoms with Crippen molar-refractivity contribution in [3.05, 3.63) is 60.3 Å². The van der Waals surface area contributed by atoms with E-state index in [2.05, 4.69) is 4.98 Å². The number of hydrogen-bond acceptors (Lipinski definition) is 4. The van der Waals surface area contributed by atoms with Crippen molar-refractivity contribution in [2.45, 2.75) is 18.9 Å². The molecular weight excluding hydrogens is 346 g/mol. The van der Waals surface area contributed by atoms with Crippen LogP contribution in [0.2, 0.25) is 0 Å². The van der Waals surface area contributed by atoms with E-state index in [-0.39, 0.29) is 0 Å². The molecule has 3 aromatic rings. The zero-order valence-electron chi connectivity index (χ0n) is 15.2. The quantitative estimate of drug-likeness (QED) is 0.533. The third-order valence-electron chi connectivity index (χ3n) is 4.26. The molecule has 1 atom stereocenters. The predicted molar refractivity (Wildman–Crippen MR) is 102 cm³/mol. The van der Waals surface area contributed by atoms with Gasteiger partial charge in [0, 0.05) is 37.1 Å². The molecule has 0 unspecified atom stereocenters. The number of hydrogen-bond donors (Lipinski definition) is 2. The highest BCUT2D eigenvalue weighted by molar-refractivity contribution is 5.80. The molecule has 142 valence electrons. The highest BCUT2D eigenvalue weighted by atomic mass is 16.5. The lowest BCUT2D eigenvalue weighted by Crippen LogP contribution is -2.24. The summed E-state index contributed by atoms with van der Waals surface area (Å²) in [5.74, 6) is 0.628. The Morgan fingerprint density at radius 1 is 1.04 bits per heavy atom. The van der Waals surface area contributed by atoms with Crippen LogP contribution in [0.15, 0.2) is 54.7 Å². The van der Waals surface area contributed by atoms with Crippen LogP contribution in [0.3, 0.4) is 0 Å². The van der Waals surface area contributed by atoms with Crippen LogP contribution < -0.4 is 9.47 Å². The van der Waals surface area contributed by atoms with Gasteiger partial charge in [0.15, 0.2) is 6.10 Å². The summed E-state index contributed by atoms with van der Waals surface area (Å²) in [6, 6.07) is 15.4. The highest BCUT2D eigenvalue weighted by Crippen LogP contribution is 2.20. The third kappa shape index (κ3) is 5.24. The number of fused-ring (bicyclic) bond motifs is 1. The number of rotatable bonds is 10. The van der Waals surface area contributed by atoms with Crippen molar-refractivity contribution in [1.82, 2.24) is 4.98 Å². The number of benzene rings is 2. The molecule has 0 aliphatic rings. The van der Waals surface area contributed by atoms with E-state index in [1.807, 2.05) is 54.7 Å². The monoisotopic (exact) mass is 369 g/mol. The topological polar surface area (TPSA) is 80.8 Å². The van der Waals surface area contributed by atoms with Crippen LogP contribution in [-0.2, 0) is 16.0 Å². The summed E-state index contributed by atoms with van der Waals surface area (Å²) >= 11 is 0. The molecule has 0 amide bonds. The number of H-pyrrole nitrogens is 1. The van der Waals surface area contributed by atoms with E-state index in [0.29, 0.717) is 19.6 Å². The number of aromatic nitrogens is 1. The van der Waals surface area contributed by atoms with Gasteiger partial charge in [-0.05, 0) is 42.0 Å². The first kappa shape index (κ1) is 18.8. The number of aliphatic carboxylic acids is 1. The van der Waals surface area contributed by atoms with Gasteiger partial charge in [-0.1, -0.05) is 12.1 Å². The number of methoxy groups -OCH3 is 1. The second-order valence-electron chi connectivity index (χ2n) is 6.19. The zero-order chi connectivity index (χ0) is 19.1. The summed E-state index contributed by atoms with van der Waals surface area (Å²) in [6.45, 7) is 1.11. The Morgan fingerprint density at radius 2 is 1.74 bits per heavy atom. The highest BCUT2D eigenvalue weighted by Gasteiger charge is 2.16. The summed E-state index contributed by atoms with van der Waals surface area (Å²) in [5.41, 5.74) is 1.98. The smallest absolute Gasteiger partial charge is 0.333 e. The Labute approximate surface area is 157 Å². The Bertz CT molecular complexity index is 872. The summed E-state index contributed by atoms with van der Waals surface area (Å²) in [6.07, 6.45) is 2.16. The fraction of sp³-hybridized carbons (Fsp3) is 0.286. The van der Waals surface area contributed by atoms with E-state index in [1.165, 1.54) is 7.11 Å². The van der Waals surface area contributed by atoms with Gasteiger partial charge in [-0.2, -0.15) is 0 Å². The fourth-order valence-electron chi connectivity index (χ4n) is 2.77. The third-order valence-corrected chi connectivity index (χ3v) is 4.26. The van der Waals surface area contributed by atoms with E-state index in [1.54, 1.807) is 0 Å². The summed E-state index contributed by atoms with van der Waals surface area (Å²) in [7, 11) is 1.40. The first-order valence-electron chi connectivity index (χ1n) is 8.83. The first-order chi connectivity index (χ1) is 13.2. The minimum atomic E-state index is -0.964. The molecule has 0 bridgehead atoms. The summed E-state index contributed by atoms with van der Waals surface area (Å²) in [5, 5.41) is 10.1. The molecule has 6 heteroatoms. The standard InChI is InChI=1S/C21H23NO5/c1-25-20(21(23)24)13-15-3-5-17(6-4-15)26-11-2-12-27-18-7-8-19-16(14-18)9-10-22-19/h3-10,14,20,22H,2,11-13H2,1H3,(H,23,24)/t20-/m0/s1. The molecule has 0 fully saturated rings. The van der Waals surface area contributed by atoms with Crippen molar-refractivity contribution >= 4 is 16.9 Å². The van der Waals surface area contributed by atoms with Gasteiger partial charge in [0.25, 0.3) is 0 Å². The Hall–Kier alpha value is -2.99. The van der Waals surface area contributed by atoms with Gasteiger partial charge in [0.05, 0.1) is 13.2 Å². The first-order valence-corrected chi connectivity index (χ1v) is 8.83. The molecule has 0 aliphatic heterocycles. The van der Waals surface area contributed by atoms with Crippen LogP contribution in [-0.4, -0.2) is 42.5 Å². The number of carboxylic acid groups (broad SMARTS) is 1. The van der Waals surface area contributed by atoms with Crippen LogP contribution in [0.1, 0.15) is 12.0 Å². The Morgan fingerprint density at radius 3 is 2.44 bits per heavy atom. The lowest BCUT2D eigenvalue weighted by Gasteiger charge is -2.11. The molecule has 2 aromatic carbocycles. The summed E-state index contributed by atoms with van der Waals surface area (Å²) in [4.78, 5) is 14.1. The molecule has 2 N–H and O–H groups in total. The van der Waals surface area contributed by atoms with Crippen LogP contribution in [0.4, 0.5) is 0 Å². The lowest BCUT2D eigenvalue weighted by atomic mass is 10.1. The molecule has 6 nitrogen and oxygen atoms in total. The van der Waals surface area contributed by atoms with Crippen LogP contribution >= 0.6 is 0 Å². The molecule has 27 heavy (non-hydrogen) atoms. The normalized spacial score (nSPS) is 12.0. The van der Waals surface area contributed by atoms with Crippen LogP contribution in [0, 0.1) is 0 Å². The number of carbonyl (C=O) groups is 1. The van der Waals surface area contributed by atoms with Crippen LogP contribution in [0.5, 0.6) is 11.5 Å². The van der Waals surface area contributed by atoms with E-state index < -0.39 is 12.1 Å². The molecule has 0 saturated heterocycles. The SMILES string of the molecule is CO[C@@H](Cc1ccc(OCCCOc2ccc3[nH]ccc3c2)cc1)C(=O)O. The number of ether oxygens (including phenoxy) is 3. The maximum Gasteiger partial charge on any atom is 0.333 e. The number of nitrogens with one attached hydrogen (secondary N) is 1. The average Bonchev–Trinajstić information content (AvgIpc) is 3.14. The van der Waals surface area contributed by atoms with E-state index in [4.69, 9.17) is 19.3 Å². The van der Waals surface area contributed by atoms with Gasteiger partial charge >= 0.3 is 5.97 Å². The van der Waals surface area contributed by atoms with Crippen molar-refractivity contribution in [1.29, 1.82) is 0 Å². The van der Waals surface area contributed by atoms with E-state index in [0.717, 1.165) is 34.4 Å². The number of carboxylic acids is 1. The van der Waals surface area contributed by atoms with E-state index in [9.17, 15) is 4.79 Å². The van der Waals surface area contributed by atoms with Crippen molar-refractivity contribution in [2.75, 3.05) is 20.3 Å². The lowest BCUT2D eigenvalue weighted by molar-refractivity contribution is -0.148. The van der Waals surface area contributed by atoms with Gasteiger partial charge in [0.1, 0.15) is 11.5 Å². The maximum absolute atomic E-state index is 11.0. The van der Waals surface area contributed by atoms with Gasteiger partial charge in [0.2, 0.25) is 0 Å². The van der Waals surface area contributed by atoms with Crippen molar-refractivity contribution < 1.29 is 24.1 Å². The average molecular weight is 369 g/mol. The second kappa shape index (κ2) is 9.09. The van der Waals surface area contributed by atoms with Gasteiger partial charge in [-0.25, -0.2) is 4.79 Å². The van der Waals surface area contributed by atoms with Crippen molar-refractivity contribution in [2.24, 2.45) is 0 Å². The molecule has 0 aliphatic carbocycles. The fourth-order valence-corrected chi connectivity index (χ4v) is 2.77. The summed E-state index contributed by atoms with van der Waals surface area (Å²) < 4.78 is 16.4. The molecule has 1 heterocycles. The van der Waals surface area contributed by atoms with Crippen LogP contribution in [0.25, 0.3) is 10.9 Å². The minimum absolute atomic E-state index is 0.325. The van der Waals surface area contributed by atoms with Gasteiger partial charge in [-0.3, -0.25) is 0 Å². The Kier molecular flexibility index (Phi) is 6.33. The molecule has 0 spiro atoms. The van der Waals surface area contributed by atoms with Crippen molar-refractivity contribution in [3.63, 3.8) is 0 Å². The zero-order valence-corrected chi connectivity index (χ0v) is 15.2.